The summed E-state index contributed by atoms with van der Waals surface area (Å²) >= 11 is 0. The maximum Gasteiger partial charge on any atom is 0.232 e. The molecule has 8 nitrogen and oxygen atoms in total. The van der Waals surface area contributed by atoms with Gasteiger partial charge in [0.15, 0.2) is 17.0 Å². The van der Waals surface area contributed by atoms with Gasteiger partial charge in [-0.15, -0.1) is 0 Å². The van der Waals surface area contributed by atoms with E-state index in [2.05, 4.69) is 39.4 Å². The lowest BCUT2D eigenvalue weighted by Crippen LogP contribution is -2.06. The van der Waals surface area contributed by atoms with Crippen LogP contribution in [0.1, 0.15) is 19.9 Å². The summed E-state index contributed by atoms with van der Waals surface area (Å²) in [6.07, 6.45) is 3.51. The predicted molar refractivity (Wildman–Crippen MR) is 129 cm³/mol. The molecule has 3 aromatic heterocycles. The van der Waals surface area contributed by atoms with Crippen LogP contribution in [0.15, 0.2) is 85.3 Å². The topological polar surface area (TPSA) is 89.8 Å². The van der Waals surface area contributed by atoms with Crippen molar-refractivity contribution in [2.45, 2.75) is 19.9 Å². The molecule has 5 aromatic rings. The van der Waals surface area contributed by atoms with E-state index in [1.165, 1.54) is 0 Å². The minimum atomic E-state index is 0.204. The molecule has 0 unspecified atom stereocenters. The van der Waals surface area contributed by atoms with Gasteiger partial charge in [-0.3, -0.25) is 0 Å². The van der Waals surface area contributed by atoms with Gasteiger partial charge in [0.25, 0.3) is 0 Å². The number of benzene rings is 2. The second kappa shape index (κ2) is 8.96. The lowest BCUT2D eigenvalue weighted by atomic mass is 10.3. The highest BCUT2D eigenvalue weighted by molar-refractivity contribution is 5.87. The number of para-hydroxylation sites is 1. The number of aromatic nitrogens is 5. The van der Waals surface area contributed by atoms with Crippen LogP contribution < -0.4 is 15.4 Å². The van der Waals surface area contributed by atoms with Crippen molar-refractivity contribution >= 4 is 34.4 Å². The van der Waals surface area contributed by atoms with Crippen molar-refractivity contribution in [2.24, 2.45) is 0 Å². The molecule has 0 aliphatic heterocycles. The van der Waals surface area contributed by atoms with Gasteiger partial charge in [0.2, 0.25) is 5.95 Å². The molecule has 2 N–H and O–H groups in total. The molecule has 0 bridgehead atoms. The smallest absolute Gasteiger partial charge is 0.232 e. The predicted octanol–water partition coefficient (Wildman–Crippen LogP) is 6.08. The SMILES string of the molecule is CC(C)n1cnc2c(Nc3ccc(Oc4ccccc4)cc3)nc(Nc3ccccn3)nc21. The first-order valence-corrected chi connectivity index (χ1v) is 10.7. The maximum absolute atomic E-state index is 5.88. The quantitative estimate of drug-likeness (QED) is 0.319. The first-order valence-electron chi connectivity index (χ1n) is 10.7. The summed E-state index contributed by atoms with van der Waals surface area (Å²) in [7, 11) is 0. The molecule has 0 fully saturated rings. The van der Waals surface area contributed by atoms with E-state index in [-0.39, 0.29) is 6.04 Å². The number of rotatable bonds is 7. The first kappa shape index (κ1) is 20.4. The summed E-state index contributed by atoms with van der Waals surface area (Å²) in [4.78, 5) is 18.2. The average Bonchev–Trinajstić information content (AvgIpc) is 3.26. The van der Waals surface area contributed by atoms with Crippen LogP contribution in [0, 0.1) is 0 Å². The monoisotopic (exact) mass is 437 g/mol. The molecular weight excluding hydrogens is 414 g/mol. The number of nitrogens with one attached hydrogen (secondary N) is 2. The van der Waals surface area contributed by atoms with E-state index in [0.717, 1.165) is 22.8 Å². The van der Waals surface area contributed by atoms with Crippen molar-refractivity contribution in [3.8, 4) is 11.5 Å². The Morgan fingerprint density at radius 2 is 1.55 bits per heavy atom. The van der Waals surface area contributed by atoms with Crippen LogP contribution in [-0.2, 0) is 0 Å². The molecule has 0 saturated carbocycles. The van der Waals surface area contributed by atoms with Crippen molar-refractivity contribution in [3.05, 3.63) is 85.3 Å². The van der Waals surface area contributed by atoms with Crippen molar-refractivity contribution in [1.29, 1.82) is 0 Å². The number of imidazole rings is 1. The Balaban J connectivity index is 1.45. The van der Waals surface area contributed by atoms with E-state index in [1.54, 1.807) is 12.5 Å². The van der Waals surface area contributed by atoms with Crippen LogP contribution in [0.25, 0.3) is 11.2 Å². The third kappa shape index (κ3) is 4.59. The second-order valence-corrected chi connectivity index (χ2v) is 7.72. The van der Waals surface area contributed by atoms with Crippen LogP contribution in [-0.4, -0.2) is 24.5 Å². The highest BCUT2D eigenvalue weighted by Crippen LogP contribution is 2.28. The summed E-state index contributed by atoms with van der Waals surface area (Å²) < 4.78 is 7.90. The molecule has 33 heavy (non-hydrogen) atoms. The van der Waals surface area contributed by atoms with E-state index in [4.69, 9.17) is 9.72 Å². The number of hydrogen-bond donors (Lipinski definition) is 2. The van der Waals surface area contributed by atoms with Crippen LogP contribution in [0.2, 0.25) is 0 Å². The Morgan fingerprint density at radius 1 is 0.788 bits per heavy atom. The molecule has 0 radical (unpaired) electrons. The third-order valence-electron chi connectivity index (χ3n) is 4.98. The van der Waals surface area contributed by atoms with E-state index in [9.17, 15) is 0 Å². The van der Waals surface area contributed by atoms with Crippen LogP contribution in [0.5, 0.6) is 11.5 Å². The van der Waals surface area contributed by atoms with Gasteiger partial charge >= 0.3 is 0 Å². The first-order chi connectivity index (χ1) is 16.2. The molecular formula is C25H23N7O. The Kier molecular flexibility index (Phi) is 5.55. The average molecular weight is 438 g/mol. The minimum Gasteiger partial charge on any atom is -0.457 e. The molecule has 0 amide bonds. The fourth-order valence-electron chi connectivity index (χ4n) is 3.36. The van der Waals surface area contributed by atoms with E-state index >= 15 is 0 Å². The van der Waals surface area contributed by atoms with E-state index in [0.29, 0.717) is 23.1 Å². The van der Waals surface area contributed by atoms with Crippen LogP contribution in [0.3, 0.4) is 0 Å². The molecule has 2 aromatic carbocycles. The van der Waals surface area contributed by atoms with Gasteiger partial charge in [0.05, 0.1) is 6.33 Å². The summed E-state index contributed by atoms with van der Waals surface area (Å²) in [5.41, 5.74) is 2.29. The number of nitrogens with zero attached hydrogens (tertiary/aromatic N) is 5. The summed E-state index contributed by atoms with van der Waals surface area (Å²) in [6, 6.07) is 23.2. The molecule has 0 aliphatic carbocycles. The Morgan fingerprint density at radius 3 is 2.27 bits per heavy atom. The number of ether oxygens (including phenoxy) is 1. The zero-order chi connectivity index (χ0) is 22.6. The number of fused-ring (bicyclic) bond motifs is 1. The molecule has 164 valence electrons. The van der Waals surface area contributed by atoms with Crippen molar-refractivity contribution in [3.63, 3.8) is 0 Å². The highest BCUT2D eigenvalue weighted by atomic mass is 16.5. The van der Waals surface area contributed by atoms with Crippen molar-refractivity contribution < 1.29 is 4.74 Å². The van der Waals surface area contributed by atoms with Crippen LogP contribution >= 0.6 is 0 Å². The fraction of sp³-hybridized carbons (Fsp3) is 0.120. The molecule has 0 saturated heterocycles. The number of anilines is 4. The minimum absolute atomic E-state index is 0.204. The Hall–Kier alpha value is -4.46. The largest absolute Gasteiger partial charge is 0.457 e. The Labute approximate surface area is 191 Å². The van der Waals surface area contributed by atoms with Gasteiger partial charge in [0.1, 0.15) is 17.3 Å². The molecule has 8 heteroatoms. The van der Waals surface area contributed by atoms with Crippen LogP contribution in [0.4, 0.5) is 23.3 Å². The van der Waals surface area contributed by atoms with Crippen molar-refractivity contribution in [1.82, 2.24) is 24.5 Å². The van der Waals surface area contributed by atoms with E-state index < -0.39 is 0 Å². The standard InChI is InChI=1S/C25H23N7O/c1-17(2)32-16-27-22-23(30-25(31-24(22)32)29-21-10-6-7-15-26-21)28-18-11-13-20(14-12-18)33-19-8-4-3-5-9-19/h3-17H,1-2H3,(H2,26,28,29,30,31). The van der Waals surface area contributed by atoms with Gasteiger partial charge in [-0.05, 0) is 62.4 Å². The molecule has 5 rings (SSSR count). The van der Waals surface area contributed by atoms with Gasteiger partial charge in [0, 0.05) is 17.9 Å². The fourth-order valence-corrected chi connectivity index (χ4v) is 3.36. The summed E-state index contributed by atoms with van der Waals surface area (Å²) in [5.74, 6) is 3.26. The second-order valence-electron chi connectivity index (χ2n) is 7.72. The zero-order valence-corrected chi connectivity index (χ0v) is 18.3. The van der Waals surface area contributed by atoms with Crippen molar-refractivity contribution in [2.75, 3.05) is 10.6 Å². The lowest BCUT2D eigenvalue weighted by Gasteiger charge is -2.12. The van der Waals surface area contributed by atoms with E-state index in [1.807, 2.05) is 77.4 Å². The molecule has 3 heterocycles. The third-order valence-corrected chi connectivity index (χ3v) is 4.98. The number of pyridine rings is 1. The van der Waals surface area contributed by atoms with Gasteiger partial charge in [-0.2, -0.15) is 9.97 Å². The lowest BCUT2D eigenvalue weighted by molar-refractivity contribution is 0.483. The summed E-state index contributed by atoms with van der Waals surface area (Å²) in [6.45, 7) is 4.18. The maximum atomic E-state index is 5.88. The summed E-state index contributed by atoms with van der Waals surface area (Å²) in [5, 5.41) is 6.55. The highest BCUT2D eigenvalue weighted by Gasteiger charge is 2.15. The van der Waals surface area contributed by atoms with Gasteiger partial charge in [-0.25, -0.2) is 9.97 Å². The molecule has 0 aliphatic rings. The normalized spacial score (nSPS) is 11.0. The number of hydrogen-bond acceptors (Lipinski definition) is 7. The zero-order valence-electron chi connectivity index (χ0n) is 18.3. The molecule has 0 atom stereocenters. The molecule has 0 spiro atoms. The van der Waals surface area contributed by atoms with Gasteiger partial charge < -0.3 is 19.9 Å². The van der Waals surface area contributed by atoms with Gasteiger partial charge in [-0.1, -0.05) is 24.3 Å². The Bertz CT molecular complexity index is 1350.